The van der Waals surface area contributed by atoms with Crippen molar-refractivity contribution >= 4 is 17.0 Å². The number of imidazole rings is 1. The smallest absolute Gasteiger partial charge is 0.326 e. The average Bonchev–Trinajstić information content (AvgIpc) is 3.50. The number of hydrogen-bond acceptors (Lipinski definition) is 4. The SMILES string of the molecule is O=C(O)[C@@H](C1CCCCC1)N1CC(CN2CCC(n3c(=O)[nH]c4ccccc43)CC2)[C@@H](c2ccccc2)C1. The van der Waals surface area contributed by atoms with E-state index in [0.29, 0.717) is 11.8 Å². The molecular formula is C31H40N4O3. The number of nitrogens with zero attached hydrogens (tertiary/aromatic N) is 3. The number of carbonyl (C=O) groups is 1. The fraction of sp³-hybridized carbons (Fsp3) is 0.548. The van der Waals surface area contributed by atoms with Crippen LogP contribution < -0.4 is 5.69 Å². The van der Waals surface area contributed by atoms with Crippen LogP contribution in [-0.4, -0.2) is 69.2 Å². The molecule has 7 heteroatoms. The molecule has 1 aliphatic carbocycles. The van der Waals surface area contributed by atoms with Crippen molar-refractivity contribution in [2.75, 3.05) is 32.7 Å². The Bertz CT molecular complexity index is 1290. The first-order valence-electron chi connectivity index (χ1n) is 14.5. The number of hydrogen-bond donors (Lipinski definition) is 2. The Labute approximate surface area is 224 Å². The third kappa shape index (κ3) is 5.06. The number of nitrogens with one attached hydrogen (secondary N) is 1. The summed E-state index contributed by atoms with van der Waals surface area (Å²) in [5.41, 5.74) is 3.22. The van der Waals surface area contributed by atoms with Crippen LogP contribution in [0, 0.1) is 11.8 Å². The molecule has 3 heterocycles. The molecule has 38 heavy (non-hydrogen) atoms. The molecule has 0 amide bonds. The van der Waals surface area contributed by atoms with E-state index in [-0.39, 0.29) is 23.7 Å². The molecule has 3 aromatic rings. The van der Waals surface area contributed by atoms with Gasteiger partial charge in [-0.2, -0.15) is 0 Å². The summed E-state index contributed by atoms with van der Waals surface area (Å²) in [6, 6.07) is 18.5. The maximum atomic E-state index is 12.7. The van der Waals surface area contributed by atoms with Crippen LogP contribution in [0.25, 0.3) is 11.0 Å². The minimum absolute atomic E-state index is 0.0114. The van der Waals surface area contributed by atoms with Crippen LogP contribution in [0.4, 0.5) is 0 Å². The van der Waals surface area contributed by atoms with Crippen molar-refractivity contribution in [2.24, 2.45) is 11.8 Å². The van der Waals surface area contributed by atoms with Gasteiger partial charge in [-0.15, -0.1) is 0 Å². The van der Waals surface area contributed by atoms with E-state index < -0.39 is 5.97 Å². The van der Waals surface area contributed by atoms with Crippen LogP contribution in [-0.2, 0) is 4.79 Å². The van der Waals surface area contributed by atoms with Crippen molar-refractivity contribution in [3.8, 4) is 0 Å². The number of carboxylic acid groups (broad SMARTS) is 1. The second kappa shape index (κ2) is 11.1. The monoisotopic (exact) mass is 516 g/mol. The number of para-hydroxylation sites is 2. The topological polar surface area (TPSA) is 81.6 Å². The van der Waals surface area contributed by atoms with Crippen LogP contribution in [0.3, 0.4) is 0 Å². The van der Waals surface area contributed by atoms with E-state index in [9.17, 15) is 14.7 Å². The number of likely N-dealkylation sites (tertiary alicyclic amines) is 2. The van der Waals surface area contributed by atoms with Gasteiger partial charge in [-0.3, -0.25) is 14.3 Å². The van der Waals surface area contributed by atoms with Crippen LogP contribution in [0.5, 0.6) is 0 Å². The average molecular weight is 517 g/mol. The Morgan fingerprint density at radius 1 is 0.921 bits per heavy atom. The summed E-state index contributed by atoms with van der Waals surface area (Å²) >= 11 is 0. The number of benzene rings is 2. The number of carboxylic acids is 1. The van der Waals surface area contributed by atoms with Crippen molar-refractivity contribution in [2.45, 2.75) is 62.9 Å². The second-order valence-corrected chi connectivity index (χ2v) is 11.8. The molecule has 1 saturated carbocycles. The van der Waals surface area contributed by atoms with Gasteiger partial charge in [0.25, 0.3) is 0 Å². The van der Waals surface area contributed by atoms with E-state index in [1.54, 1.807) is 0 Å². The van der Waals surface area contributed by atoms with Gasteiger partial charge in [0, 0.05) is 44.7 Å². The highest BCUT2D eigenvalue weighted by Crippen LogP contribution is 2.39. The third-order valence-corrected chi connectivity index (χ3v) is 9.48. The van der Waals surface area contributed by atoms with Crippen LogP contribution in [0.1, 0.15) is 62.5 Å². The first-order chi connectivity index (χ1) is 18.6. The molecule has 0 radical (unpaired) electrons. The van der Waals surface area contributed by atoms with Gasteiger partial charge in [-0.25, -0.2) is 4.79 Å². The molecule has 6 rings (SSSR count). The van der Waals surface area contributed by atoms with Crippen LogP contribution in [0.15, 0.2) is 59.4 Å². The second-order valence-electron chi connectivity index (χ2n) is 11.8. The highest BCUT2D eigenvalue weighted by atomic mass is 16.4. The zero-order valence-corrected chi connectivity index (χ0v) is 22.2. The lowest BCUT2D eigenvalue weighted by Crippen LogP contribution is -2.46. The Balaban J connectivity index is 1.16. The minimum Gasteiger partial charge on any atom is -0.480 e. The Morgan fingerprint density at radius 3 is 2.37 bits per heavy atom. The van der Waals surface area contributed by atoms with Crippen molar-refractivity contribution < 1.29 is 9.90 Å². The lowest BCUT2D eigenvalue weighted by molar-refractivity contribution is -0.145. The lowest BCUT2D eigenvalue weighted by Gasteiger charge is -2.35. The molecule has 0 spiro atoms. The molecule has 202 valence electrons. The molecule has 1 unspecified atom stereocenters. The molecule has 2 saturated heterocycles. The van der Waals surface area contributed by atoms with Crippen molar-refractivity contribution in [1.29, 1.82) is 0 Å². The number of H-pyrrole nitrogens is 1. The van der Waals surface area contributed by atoms with Gasteiger partial charge >= 0.3 is 11.7 Å². The molecule has 2 aliphatic heterocycles. The minimum atomic E-state index is -0.644. The van der Waals surface area contributed by atoms with Crippen molar-refractivity contribution in [3.05, 3.63) is 70.6 Å². The summed E-state index contributed by atoms with van der Waals surface area (Å²) in [6.07, 6.45) is 7.52. The first-order valence-corrected chi connectivity index (χ1v) is 14.5. The molecule has 7 nitrogen and oxygen atoms in total. The number of aromatic nitrogens is 2. The lowest BCUT2D eigenvalue weighted by atomic mass is 9.83. The number of rotatable bonds is 7. The standard InChI is InChI=1S/C31H40N4O3/c36-30(37)29(23-11-5-2-6-12-23)34-20-24(26(21-34)22-9-3-1-4-10-22)19-33-17-15-25(16-18-33)35-28-14-8-7-13-27(28)32-31(35)38/h1,3-4,7-10,13-14,23-26,29H,2,5-6,11-12,15-21H2,(H,32,38)(H,36,37)/t24?,26-,29-/m1/s1. The number of piperidine rings is 1. The van der Waals surface area contributed by atoms with Crippen LogP contribution >= 0.6 is 0 Å². The van der Waals surface area contributed by atoms with E-state index in [1.807, 2.05) is 28.8 Å². The maximum Gasteiger partial charge on any atom is 0.326 e. The van der Waals surface area contributed by atoms with Gasteiger partial charge in [0.1, 0.15) is 6.04 Å². The van der Waals surface area contributed by atoms with E-state index in [4.69, 9.17) is 0 Å². The van der Waals surface area contributed by atoms with Gasteiger partial charge < -0.3 is 15.0 Å². The summed E-state index contributed by atoms with van der Waals surface area (Å²) < 4.78 is 1.96. The van der Waals surface area contributed by atoms with Gasteiger partial charge in [-0.05, 0) is 55.2 Å². The quantitative estimate of drug-likeness (QED) is 0.475. The normalized spacial score (nSPS) is 25.2. The van der Waals surface area contributed by atoms with E-state index in [1.165, 1.54) is 12.0 Å². The summed E-state index contributed by atoms with van der Waals surface area (Å²) in [6.45, 7) is 4.56. The molecule has 3 atom stereocenters. The molecular weight excluding hydrogens is 476 g/mol. The Morgan fingerprint density at radius 2 is 1.63 bits per heavy atom. The molecule has 2 N–H and O–H groups in total. The van der Waals surface area contributed by atoms with Gasteiger partial charge in [0.2, 0.25) is 0 Å². The first kappa shape index (κ1) is 25.4. The summed E-state index contributed by atoms with van der Waals surface area (Å²) in [5, 5.41) is 10.3. The maximum absolute atomic E-state index is 12.7. The summed E-state index contributed by atoms with van der Waals surface area (Å²) in [5.74, 6) is 0.363. The van der Waals surface area contributed by atoms with Crippen molar-refractivity contribution in [1.82, 2.24) is 19.4 Å². The predicted octanol–water partition coefficient (Wildman–Crippen LogP) is 4.72. The van der Waals surface area contributed by atoms with E-state index in [2.05, 4.69) is 45.1 Å². The molecule has 0 bridgehead atoms. The predicted molar refractivity (Wildman–Crippen MR) is 150 cm³/mol. The fourth-order valence-electron chi connectivity index (χ4n) is 7.63. The summed E-state index contributed by atoms with van der Waals surface area (Å²) in [7, 11) is 0. The number of aromatic amines is 1. The highest BCUT2D eigenvalue weighted by Gasteiger charge is 2.43. The van der Waals surface area contributed by atoms with E-state index >= 15 is 0 Å². The van der Waals surface area contributed by atoms with Gasteiger partial charge in [0.15, 0.2) is 0 Å². The molecule has 3 fully saturated rings. The number of aliphatic carboxylic acids is 1. The van der Waals surface area contributed by atoms with Crippen LogP contribution in [0.2, 0.25) is 0 Å². The fourth-order valence-corrected chi connectivity index (χ4v) is 7.63. The number of fused-ring (bicyclic) bond motifs is 1. The molecule has 3 aliphatic rings. The zero-order valence-electron chi connectivity index (χ0n) is 22.2. The zero-order chi connectivity index (χ0) is 26.1. The third-order valence-electron chi connectivity index (χ3n) is 9.48. The largest absolute Gasteiger partial charge is 0.480 e. The Kier molecular flexibility index (Phi) is 7.39. The highest BCUT2D eigenvalue weighted by molar-refractivity contribution is 5.75. The van der Waals surface area contributed by atoms with Crippen molar-refractivity contribution in [3.63, 3.8) is 0 Å². The van der Waals surface area contributed by atoms with Gasteiger partial charge in [-0.1, -0.05) is 61.7 Å². The summed E-state index contributed by atoms with van der Waals surface area (Å²) in [4.78, 5) is 33.1. The van der Waals surface area contributed by atoms with Gasteiger partial charge in [0.05, 0.1) is 11.0 Å². The molecule has 2 aromatic carbocycles. The molecule has 1 aromatic heterocycles. The van der Waals surface area contributed by atoms with E-state index in [0.717, 1.165) is 82.3 Å². The Hall–Kier alpha value is -2.90.